The number of hydrogen-bond acceptors (Lipinski definition) is 5. The molecule has 34 heavy (non-hydrogen) atoms. The maximum absolute atomic E-state index is 13.5. The third-order valence-electron chi connectivity index (χ3n) is 5.22. The van der Waals surface area contributed by atoms with Crippen molar-refractivity contribution in [2.75, 3.05) is 23.7 Å². The molecule has 0 unspecified atom stereocenters. The van der Waals surface area contributed by atoms with E-state index < -0.39 is 28.5 Å². The van der Waals surface area contributed by atoms with Crippen LogP contribution in [0.3, 0.4) is 0 Å². The predicted molar refractivity (Wildman–Crippen MR) is 133 cm³/mol. The maximum atomic E-state index is 13.5. The molecule has 2 amide bonds. The van der Waals surface area contributed by atoms with Crippen molar-refractivity contribution in [2.45, 2.75) is 39.8 Å². The summed E-state index contributed by atoms with van der Waals surface area (Å²) in [6, 6.07) is 12.1. The fourth-order valence-electron chi connectivity index (χ4n) is 3.49. The lowest BCUT2D eigenvalue weighted by atomic mass is 10.1. The van der Waals surface area contributed by atoms with Crippen LogP contribution in [-0.4, -0.2) is 56.3 Å². The summed E-state index contributed by atoms with van der Waals surface area (Å²) in [5.41, 5.74) is 1.26. The Morgan fingerprint density at radius 3 is 2.24 bits per heavy atom. The van der Waals surface area contributed by atoms with Crippen molar-refractivity contribution in [3.63, 3.8) is 0 Å². The predicted octanol–water partition coefficient (Wildman–Crippen LogP) is 3.25. The van der Waals surface area contributed by atoms with Crippen LogP contribution in [0.15, 0.2) is 48.5 Å². The Morgan fingerprint density at radius 2 is 1.71 bits per heavy atom. The average molecular weight is 508 g/mol. The highest BCUT2D eigenvalue weighted by molar-refractivity contribution is 7.92. The molecule has 0 bridgehead atoms. The Labute approximate surface area is 205 Å². The molecule has 0 aliphatic heterocycles. The Morgan fingerprint density at radius 1 is 1.06 bits per heavy atom. The van der Waals surface area contributed by atoms with E-state index in [1.807, 2.05) is 0 Å². The van der Waals surface area contributed by atoms with Gasteiger partial charge in [-0.1, -0.05) is 42.8 Å². The first-order valence-electron chi connectivity index (χ1n) is 10.9. The van der Waals surface area contributed by atoms with Gasteiger partial charge in [-0.15, -0.1) is 0 Å². The number of rotatable bonds is 11. The van der Waals surface area contributed by atoms with Gasteiger partial charge >= 0.3 is 0 Å². The van der Waals surface area contributed by atoms with E-state index >= 15 is 0 Å². The number of nitrogens with one attached hydrogen (secondary N) is 1. The van der Waals surface area contributed by atoms with Gasteiger partial charge in [0.2, 0.25) is 21.8 Å². The summed E-state index contributed by atoms with van der Waals surface area (Å²) >= 11 is 5.97. The molecule has 0 fully saturated rings. The molecule has 1 atom stereocenters. The molecule has 2 aromatic rings. The standard InChI is InChI=1S/C24H30ClN3O5S/c1-5-22(24(31)26-6-2)27(15-18-10-12-20(25)13-11-18)23(30)16-28(34(4,32)33)21-9-7-8-19(14-21)17(3)29/h7-14,22H,5-6,15-16H2,1-4H3,(H,26,31)/t22-/m1/s1. The summed E-state index contributed by atoms with van der Waals surface area (Å²) in [7, 11) is -3.87. The van der Waals surface area contributed by atoms with Gasteiger partial charge in [-0.05, 0) is 50.1 Å². The Hall–Kier alpha value is -2.91. The van der Waals surface area contributed by atoms with Gasteiger partial charge in [0.15, 0.2) is 5.78 Å². The van der Waals surface area contributed by atoms with E-state index in [2.05, 4.69) is 5.32 Å². The molecule has 0 aliphatic rings. The van der Waals surface area contributed by atoms with Crippen LogP contribution in [0.5, 0.6) is 0 Å². The Bertz CT molecular complexity index is 1140. The van der Waals surface area contributed by atoms with Crippen molar-refractivity contribution in [3.8, 4) is 0 Å². The van der Waals surface area contributed by atoms with E-state index in [1.54, 1.807) is 50.2 Å². The first-order valence-corrected chi connectivity index (χ1v) is 13.1. The second-order valence-electron chi connectivity index (χ2n) is 7.84. The summed E-state index contributed by atoms with van der Waals surface area (Å²) in [4.78, 5) is 39.4. The van der Waals surface area contributed by atoms with Gasteiger partial charge in [-0.3, -0.25) is 18.7 Å². The van der Waals surface area contributed by atoms with Crippen molar-refractivity contribution in [3.05, 3.63) is 64.7 Å². The van der Waals surface area contributed by atoms with Crippen molar-refractivity contribution in [2.24, 2.45) is 0 Å². The van der Waals surface area contributed by atoms with Crippen molar-refractivity contribution in [1.82, 2.24) is 10.2 Å². The van der Waals surface area contributed by atoms with Gasteiger partial charge in [0.25, 0.3) is 0 Å². The SMILES string of the molecule is CCNC(=O)[C@@H](CC)N(Cc1ccc(Cl)cc1)C(=O)CN(c1cccc(C(C)=O)c1)S(C)(=O)=O. The summed E-state index contributed by atoms with van der Waals surface area (Å²) in [6.07, 6.45) is 1.33. The van der Waals surface area contributed by atoms with Crippen molar-refractivity contribution >= 4 is 44.9 Å². The third kappa shape index (κ3) is 7.30. The van der Waals surface area contributed by atoms with Crippen LogP contribution < -0.4 is 9.62 Å². The largest absolute Gasteiger partial charge is 0.355 e. The molecule has 0 saturated carbocycles. The molecule has 1 N–H and O–H groups in total. The lowest BCUT2D eigenvalue weighted by Gasteiger charge is -2.32. The van der Waals surface area contributed by atoms with Gasteiger partial charge in [-0.2, -0.15) is 0 Å². The Balaban J connectivity index is 2.45. The molecule has 0 spiro atoms. The number of halogens is 1. The lowest BCUT2D eigenvalue weighted by molar-refractivity contribution is -0.140. The van der Waals surface area contributed by atoms with E-state index in [4.69, 9.17) is 11.6 Å². The Kier molecular flexibility index (Phi) is 9.64. The minimum Gasteiger partial charge on any atom is -0.355 e. The molecule has 8 nitrogen and oxygen atoms in total. The van der Waals surface area contributed by atoms with Crippen LogP contribution >= 0.6 is 11.6 Å². The average Bonchev–Trinajstić information content (AvgIpc) is 2.78. The summed E-state index contributed by atoms with van der Waals surface area (Å²) in [5, 5.41) is 3.27. The molecule has 0 saturated heterocycles. The fraction of sp³-hybridized carbons (Fsp3) is 0.375. The van der Waals surface area contributed by atoms with Gasteiger partial charge in [0, 0.05) is 23.7 Å². The molecule has 0 radical (unpaired) electrons. The molecule has 0 heterocycles. The number of amides is 2. The van der Waals surface area contributed by atoms with Crippen LogP contribution in [0.2, 0.25) is 5.02 Å². The highest BCUT2D eigenvalue weighted by atomic mass is 35.5. The molecule has 0 aliphatic carbocycles. The number of Topliss-reactive ketones (excluding diaryl/α,β-unsaturated/α-hetero) is 1. The highest BCUT2D eigenvalue weighted by Gasteiger charge is 2.31. The summed E-state index contributed by atoms with van der Waals surface area (Å²) in [5.74, 6) is -1.10. The van der Waals surface area contributed by atoms with Gasteiger partial charge in [0.05, 0.1) is 11.9 Å². The molecular formula is C24H30ClN3O5S. The minimum absolute atomic E-state index is 0.0940. The maximum Gasteiger partial charge on any atom is 0.244 e. The molecule has 2 rings (SSSR count). The molecule has 10 heteroatoms. The van der Waals surface area contributed by atoms with E-state index in [1.165, 1.54) is 24.0 Å². The monoisotopic (exact) mass is 507 g/mol. The van der Waals surface area contributed by atoms with E-state index in [9.17, 15) is 22.8 Å². The number of likely N-dealkylation sites (N-methyl/N-ethyl adjacent to an activating group) is 1. The zero-order chi connectivity index (χ0) is 25.5. The number of sulfonamides is 1. The smallest absolute Gasteiger partial charge is 0.244 e. The van der Waals surface area contributed by atoms with Crippen LogP contribution in [0.4, 0.5) is 5.69 Å². The molecule has 0 aromatic heterocycles. The zero-order valence-corrected chi connectivity index (χ0v) is 21.3. The van der Waals surface area contributed by atoms with Crippen LogP contribution in [-0.2, 0) is 26.2 Å². The lowest BCUT2D eigenvalue weighted by Crippen LogP contribution is -2.52. The number of benzene rings is 2. The van der Waals surface area contributed by atoms with Gasteiger partial charge in [-0.25, -0.2) is 8.42 Å². The number of carbonyl (C=O) groups is 3. The van der Waals surface area contributed by atoms with E-state index in [0.29, 0.717) is 23.6 Å². The molecule has 184 valence electrons. The summed E-state index contributed by atoms with van der Waals surface area (Å²) < 4.78 is 26.2. The van der Waals surface area contributed by atoms with Crippen molar-refractivity contribution < 1.29 is 22.8 Å². The fourth-order valence-corrected chi connectivity index (χ4v) is 4.46. The normalized spacial score (nSPS) is 12.0. The van der Waals surface area contributed by atoms with E-state index in [-0.39, 0.29) is 23.9 Å². The minimum atomic E-state index is -3.87. The zero-order valence-electron chi connectivity index (χ0n) is 19.7. The summed E-state index contributed by atoms with van der Waals surface area (Å²) in [6.45, 7) is 4.91. The highest BCUT2D eigenvalue weighted by Crippen LogP contribution is 2.21. The topological polar surface area (TPSA) is 104 Å². The van der Waals surface area contributed by atoms with Crippen molar-refractivity contribution in [1.29, 1.82) is 0 Å². The third-order valence-corrected chi connectivity index (χ3v) is 6.62. The number of anilines is 1. The second-order valence-corrected chi connectivity index (χ2v) is 10.2. The number of ketones is 1. The van der Waals surface area contributed by atoms with Crippen LogP contribution in [0.25, 0.3) is 0 Å². The second kappa shape index (κ2) is 12.0. The van der Waals surface area contributed by atoms with E-state index in [0.717, 1.165) is 16.1 Å². The van der Waals surface area contributed by atoms with Gasteiger partial charge < -0.3 is 10.2 Å². The first kappa shape index (κ1) is 27.3. The van der Waals surface area contributed by atoms with Crippen LogP contribution in [0.1, 0.15) is 43.1 Å². The first-order chi connectivity index (χ1) is 16.0. The van der Waals surface area contributed by atoms with Crippen LogP contribution in [0, 0.1) is 0 Å². The number of carbonyl (C=O) groups excluding carboxylic acids is 3. The quantitative estimate of drug-likeness (QED) is 0.470. The number of hydrogen-bond donors (Lipinski definition) is 1. The molecular weight excluding hydrogens is 478 g/mol. The van der Waals surface area contributed by atoms with Gasteiger partial charge in [0.1, 0.15) is 12.6 Å². The molecule has 2 aromatic carbocycles. The number of nitrogens with zero attached hydrogens (tertiary/aromatic N) is 2.